The Kier molecular flexibility index (Phi) is 17.9. The molecule has 1 heterocycles. The first kappa shape index (κ1) is 45.5. The molecular formula is C44H75B2NO6. The van der Waals surface area contributed by atoms with E-state index in [1.54, 1.807) is 55.4 Å². The van der Waals surface area contributed by atoms with Crippen LogP contribution >= 0.6 is 0 Å². The molecular weight excluding hydrogens is 660 g/mol. The number of aromatic nitrogens is 1. The van der Waals surface area contributed by atoms with Crippen molar-refractivity contribution in [2.75, 3.05) is 0 Å². The molecule has 0 amide bonds. The summed E-state index contributed by atoms with van der Waals surface area (Å²) in [6.07, 6.45) is 24.0. The number of rotatable bonds is 27. The molecule has 0 aliphatic heterocycles. The summed E-state index contributed by atoms with van der Waals surface area (Å²) in [7, 11) is -2.43. The molecule has 1 aromatic heterocycles. The van der Waals surface area contributed by atoms with Gasteiger partial charge in [-0.1, -0.05) is 140 Å². The predicted octanol–water partition coefficient (Wildman–Crippen LogP) is 9.34. The molecule has 4 N–H and O–H groups in total. The number of fused-ring (bicyclic) bond motifs is 3. The minimum atomic E-state index is -1.22. The van der Waals surface area contributed by atoms with E-state index in [4.69, 9.17) is 9.31 Å². The van der Waals surface area contributed by atoms with Crippen molar-refractivity contribution in [3.63, 3.8) is 0 Å². The van der Waals surface area contributed by atoms with Crippen molar-refractivity contribution in [1.82, 2.24) is 4.57 Å². The van der Waals surface area contributed by atoms with E-state index in [1.165, 1.54) is 103 Å². The molecule has 2 aromatic carbocycles. The average molecular weight is 736 g/mol. The van der Waals surface area contributed by atoms with Gasteiger partial charge in [-0.2, -0.15) is 0 Å². The number of unbranched alkanes of at least 4 members (excludes halogenated alkanes) is 17. The van der Waals surface area contributed by atoms with Gasteiger partial charge in [0, 0.05) is 28.4 Å². The Balaban J connectivity index is 1.62. The summed E-state index contributed by atoms with van der Waals surface area (Å²) >= 11 is 0. The van der Waals surface area contributed by atoms with Crippen LogP contribution in [0, 0.1) is 0 Å². The summed E-state index contributed by atoms with van der Waals surface area (Å²) in [5, 5.41) is 45.7. The van der Waals surface area contributed by atoms with Gasteiger partial charge in [0.2, 0.25) is 0 Å². The number of hydrogen-bond donors (Lipinski definition) is 4. The Morgan fingerprint density at radius 2 is 0.792 bits per heavy atom. The minimum Gasteiger partial charge on any atom is -0.423 e. The summed E-state index contributed by atoms with van der Waals surface area (Å²) < 4.78 is 14.3. The second-order valence-electron chi connectivity index (χ2n) is 17.8. The number of benzene rings is 2. The summed E-state index contributed by atoms with van der Waals surface area (Å²) in [4.78, 5) is 0. The Morgan fingerprint density at radius 1 is 0.491 bits per heavy atom. The largest absolute Gasteiger partial charge is 0.491 e. The third-order valence-electron chi connectivity index (χ3n) is 12.0. The smallest absolute Gasteiger partial charge is 0.423 e. The van der Waals surface area contributed by atoms with E-state index in [0.717, 1.165) is 41.2 Å². The fraction of sp³-hybridized carbons (Fsp3) is 0.727. The summed E-state index contributed by atoms with van der Waals surface area (Å²) in [5.74, 6) is 0. The molecule has 0 fully saturated rings. The lowest BCUT2D eigenvalue weighted by Gasteiger charge is -2.38. The molecule has 9 heteroatoms. The molecule has 7 nitrogen and oxygen atoms in total. The highest BCUT2D eigenvalue weighted by Gasteiger charge is 2.41. The molecule has 0 unspecified atom stereocenters. The number of hydrogen-bond acceptors (Lipinski definition) is 6. The Bertz CT molecular complexity index is 1410. The van der Waals surface area contributed by atoms with Gasteiger partial charge in [-0.3, -0.25) is 0 Å². The highest BCUT2D eigenvalue weighted by Crippen LogP contribution is 2.31. The Hall–Kier alpha value is -1.87. The van der Waals surface area contributed by atoms with Crippen molar-refractivity contribution in [3.8, 4) is 0 Å². The van der Waals surface area contributed by atoms with Gasteiger partial charge in [0.15, 0.2) is 0 Å². The molecule has 3 aromatic rings. The van der Waals surface area contributed by atoms with Crippen LogP contribution in [0.5, 0.6) is 0 Å². The van der Waals surface area contributed by atoms with E-state index in [9.17, 15) is 20.3 Å². The van der Waals surface area contributed by atoms with Gasteiger partial charge in [-0.15, -0.1) is 0 Å². The third kappa shape index (κ3) is 13.7. The molecule has 3 rings (SSSR count). The maximum absolute atomic E-state index is 11.2. The molecule has 298 valence electrons. The zero-order chi connectivity index (χ0) is 39.3. The average Bonchev–Trinajstić information content (AvgIpc) is 3.38. The van der Waals surface area contributed by atoms with Gasteiger partial charge in [0.05, 0.1) is 22.4 Å². The molecule has 0 spiro atoms. The zero-order valence-electron chi connectivity index (χ0n) is 35.1. The lowest BCUT2D eigenvalue weighted by molar-refractivity contribution is -0.0982. The van der Waals surface area contributed by atoms with Gasteiger partial charge in [0.1, 0.15) is 0 Å². The second kappa shape index (κ2) is 20.9. The topological polar surface area (TPSA) is 104 Å². The van der Waals surface area contributed by atoms with Crippen molar-refractivity contribution in [3.05, 3.63) is 36.4 Å². The lowest BCUT2D eigenvalue weighted by atomic mass is 9.76. The summed E-state index contributed by atoms with van der Waals surface area (Å²) in [5.41, 5.74) is -1.07. The highest BCUT2D eigenvalue weighted by atomic mass is 16.6. The molecule has 53 heavy (non-hydrogen) atoms. The van der Waals surface area contributed by atoms with Crippen LogP contribution in [0.25, 0.3) is 21.8 Å². The zero-order valence-corrected chi connectivity index (χ0v) is 35.1. The first-order chi connectivity index (χ1) is 24.9. The van der Waals surface area contributed by atoms with Gasteiger partial charge in [-0.25, -0.2) is 0 Å². The quantitative estimate of drug-likeness (QED) is 0.0460. The number of aliphatic hydroxyl groups is 2. The number of aryl methyl sites for hydroxylation is 1. The summed E-state index contributed by atoms with van der Waals surface area (Å²) in [6.45, 7) is 16.9. The normalized spacial score (nSPS) is 13.1. The van der Waals surface area contributed by atoms with Crippen molar-refractivity contribution in [2.24, 2.45) is 0 Å². The standard InChI is InChI=1S/C44H75B2NO6/c1-10-11-12-13-14-15-16-17-18-19-20-21-22-23-24-25-26-27-32-47-39-33-35(45(50)52-43(6,7)41(2,3)48)28-30-37(39)38-31-29-36(34-40(38)47)46(51)53-44(8,9)42(4,5)49/h28-31,33-34,48-51H,10-27,32H2,1-9H3. The van der Waals surface area contributed by atoms with E-state index >= 15 is 0 Å². The van der Waals surface area contributed by atoms with E-state index in [-0.39, 0.29) is 0 Å². The van der Waals surface area contributed by atoms with Gasteiger partial charge >= 0.3 is 14.2 Å². The molecule has 0 aliphatic rings. The van der Waals surface area contributed by atoms with Crippen molar-refractivity contribution < 1.29 is 29.6 Å². The van der Waals surface area contributed by atoms with Crippen LogP contribution < -0.4 is 10.9 Å². The predicted molar refractivity (Wildman–Crippen MR) is 226 cm³/mol. The minimum absolute atomic E-state index is 0.618. The Labute approximate surface area is 323 Å². The molecule has 0 atom stereocenters. The molecule has 0 bridgehead atoms. The fourth-order valence-electron chi connectivity index (χ4n) is 6.83. The van der Waals surface area contributed by atoms with Crippen LogP contribution in [-0.4, -0.2) is 61.5 Å². The number of nitrogens with zero attached hydrogens (tertiary/aromatic N) is 1. The van der Waals surface area contributed by atoms with Crippen LogP contribution in [-0.2, 0) is 15.9 Å². The van der Waals surface area contributed by atoms with E-state index in [1.807, 2.05) is 36.4 Å². The van der Waals surface area contributed by atoms with Crippen LogP contribution in [0.4, 0.5) is 0 Å². The molecule has 0 saturated heterocycles. The summed E-state index contributed by atoms with van der Waals surface area (Å²) in [6, 6.07) is 11.8. The fourth-order valence-corrected chi connectivity index (χ4v) is 6.83. The van der Waals surface area contributed by atoms with E-state index < -0.39 is 36.6 Å². The third-order valence-corrected chi connectivity index (χ3v) is 12.0. The first-order valence-electron chi connectivity index (χ1n) is 21.1. The van der Waals surface area contributed by atoms with Gasteiger partial charge < -0.3 is 34.1 Å². The lowest BCUT2D eigenvalue weighted by Crippen LogP contribution is -2.53. The molecule has 0 aliphatic carbocycles. The molecule has 0 radical (unpaired) electrons. The monoisotopic (exact) mass is 736 g/mol. The van der Waals surface area contributed by atoms with Crippen molar-refractivity contribution >= 4 is 47.0 Å². The van der Waals surface area contributed by atoms with Crippen LogP contribution in [0.2, 0.25) is 0 Å². The molecule has 0 saturated carbocycles. The maximum atomic E-state index is 11.2. The second-order valence-corrected chi connectivity index (χ2v) is 17.8. The highest BCUT2D eigenvalue weighted by molar-refractivity contribution is 6.61. The Morgan fingerprint density at radius 3 is 1.09 bits per heavy atom. The van der Waals surface area contributed by atoms with Crippen LogP contribution in [0.1, 0.15) is 178 Å². The van der Waals surface area contributed by atoms with Crippen molar-refractivity contribution in [1.29, 1.82) is 0 Å². The van der Waals surface area contributed by atoms with Crippen molar-refractivity contribution in [2.45, 2.75) is 207 Å². The first-order valence-corrected chi connectivity index (χ1v) is 21.1. The SMILES string of the molecule is CCCCCCCCCCCCCCCCCCCCn1c2cc(B(O)OC(C)(C)C(C)(C)O)ccc2c2ccc(B(O)OC(C)(C)C(C)(C)O)cc21. The van der Waals surface area contributed by atoms with Crippen LogP contribution in [0.3, 0.4) is 0 Å². The van der Waals surface area contributed by atoms with Gasteiger partial charge in [0.25, 0.3) is 0 Å². The van der Waals surface area contributed by atoms with Crippen LogP contribution in [0.15, 0.2) is 36.4 Å². The van der Waals surface area contributed by atoms with E-state index in [0.29, 0.717) is 10.9 Å². The van der Waals surface area contributed by atoms with E-state index in [2.05, 4.69) is 11.5 Å². The van der Waals surface area contributed by atoms with Gasteiger partial charge in [-0.05, 0) is 84.9 Å². The maximum Gasteiger partial charge on any atom is 0.491 e.